The maximum absolute atomic E-state index is 10.2. The van der Waals surface area contributed by atoms with Gasteiger partial charge in [0, 0.05) is 13.5 Å². The van der Waals surface area contributed by atoms with Crippen molar-refractivity contribution in [3.8, 4) is 0 Å². The zero-order valence-electron chi connectivity index (χ0n) is 6.75. The van der Waals surface area contributed by atoms with Crippen LogP contribution in [0.1, 0.15) is 19.8 Å². The van der Waals surface area contributed by atoms with Gasteiger partial charge in [0.2, 0.25) is 0 Å². The fourth-order valence-corrected chi connectivity index (χ4v) is 0.581. The molecule has 64 valence electrons. The summed E-state index contributed by atoms with van der Waals surface area (Å²) in [6.07, 6.45) is 5.14. The average molecular weight is 158 g/mol. The first kappa shape index (κ1) is 10.2. The Hall–Kier alpha value is -0.830. The number of aliphatic hydroxyl groups excluding tert-OH is 1. The van der Waals surface area contributed by atoms with Crippen LogP contribution in [0.4, 0.5) is 0 Å². The SMILES string of the molecule is CC(=O)OCCC=CCCO. The third kappa shape index (κ3) is 9.17. The molecule has 0 aromatic rings. The first-order chi connectivity index (χ1) is 5.27. The van der Waals surface area contributed by atoms with Gasteiger partial charge in [-0.1, -0.05) is 12.2 Å². The monoisotopic (exact) mass is 158 g/mol. The van der Waals surface area contributed by atoms with Crippen LogP contribution in [0.15, 0.2) is 12.2 Å². The molecule has 0 aliphatic rings. The molecule has 0 saturated heterocycles. The molecule has 0 aliphatic heterocycles. The second kappa shape index (κ2) is 7.28. The average Bonchev–Trinajstić information content (AvgIpc) is 1.96. The summed E-state index contributed by atoms with van der Waals surface area (Å²) < 4.78 is 4.67. The molecule has 0 aliphatic carbocycles. The summed E-state index contributed by atoms with van der Waals surface area (Å²) in [5.41, 5.74) is 0. The second-order valence-corrected chi connectivity index (χ2v) is 2.11. The molecule has 0 bridgehead atoms. The topological polar surface area (TPSA) is 46.5 Å². The summed E-state index contributed by atoms with van der Waals surface area (Å²) in [4.78, 5) is 10.2. The molecule has 11 heavy (non-hydrogen) atoms. The van der Waals surface area contributed by atoms with Crippen molar-refractivity contribution in [3.05, 3.63) is 12.2 Å². The van der Waals surface area contributed by atoms with Crippen molar-refractivity contribution in [1.82, 2.24) is 0 Å². The summed E-state index contributed by atoms with van der Waals surface area (Å²) in [7, 11) is 0. The smallest absolute Gasteiger partial charge is 0.302 e. The van der Waals surface area contributed by atoms with E-state index in [0.717, 1.165) is 6.42 Å². The number of aliphatic hydroxyl groups is 1. The fraction of sp³-hybridized carbons (Fsp3) is 0.625. The molecular formula is C8H14O3. The first-order valence-electron chi connectivity index (χ1n) is 3.66. The Morgan fingerprint density at radius 1 is 1.45 bits per heavy atom. The Balaban J connectivity index is 3.07. The van der Waals surface area contributed by atoms with E-state index in [0.29, 0.717) is 13.0 Å². The molecule has 3 heteroatoms. The Morgan fingerprint density at radius 2 is 2.09 bits per heavy atom. The molecule has 0 radical (unpaired) electrons. The van der Waals surface area contributed by atoms with Crippen LogP contribution in [0.5, 0.6) is 0 Å². The van der Waals surface area contributed by atoms with E-state index in [4.69, 9.17) is 5.11 Å². The van der Waals surface area contributed by atoms with Crippen LogP contribution in [0, 0.1) is 0 Å². The largest absolute Gasteiger partial charge is 0.466 e. The lowest BCUT2D eigenvalue weighted by molar-refractivity contribution is -0.140. The summed E-state index contributed by atoms with van der Waals surface area (Å²) in [6.45, 7) is 1.98. The van der Waals surface area contributed by atoms with Gasteiger partial charge in [0.15, 0.2) is 0 Å². The molecule has 0 heterocycles. The van der Waals surface area contributed by atoms with Gasteiger partial charge in [0.05, 0.1) is 6.61 Å². The standard InChI is InChI=1S/C8H14O3/c1-8(10)11-7-5-3-2-4-6-9/h2-3,9H,4-7H2,1H3. The third-order valence-corrected chi connectivity index (χ3v) is 1.05. The van der Waals surface area contributed by atoms with Gasteiger partial charge in [-0.05, 0) is 12.8 Å². The van der Waals surface area contributed by atoms with E-state index in [2.05, 4.69) is 4.74 Å². The van der Waals surface area contributed by atoms with Crippen molar-refractivity contribution in [2.75, 3.05) is 13.2 Å². The van der Waals surface area contributed by atoms with Crippen molar-refractivity contribution in [2.24, 2.45) is 0 Å². The number of rotatable bonds is 5. The molecule has 0 aromatic carbocycles. The van der Waals surface area contributed by atoms with Crippen molar-refractivity contribution in [2.45, 2.75) is 19.8 Å². The van der Waals surface area contributed by atoms with Gasteiger partial charge in [0.1, 0.15) is 0 Å². The lowest BCUT2D eigenvalue weighted by atomic mass is 10.3. The van der Waals surface area contributed by atoms with E-state index in [-0.39, 0.29) is 12.6 Å². The number of carbonyl (C=O) groups is 1. The van der Waals surface area contributed by atoms with E-state index in [1.807, 2.05) is 12.2 Å². The van der Waals surface area contributed by atoms with Crippen LogP contribution in [0.2, 0.25) is 0 Å². The highest BCUT2D eigenvalue weighted by Crippen LogP contribution is 1.88. The van der Waals surface area contributed by atoms with Gasteiger partial charge in [-0.25, -0.2) is 0 Å². The predicted molar refractivity (Wildman–Crippen MR) is 42.1 cm³/mol. The van der Waals surface area contributed by atoms with Crippen LogP contribution in [-0.2, 0) is 9.53 Å². The number of carbonyl (C=O) groups excluding carboxylic acids is 1. The molecule has 0 unspecified atom stereocenters. The van der Waals surface area contributed by atoms with Crippen molar-refractivity contribution in [1.29, 1.82) is 0 Å². The fourth-order valence-electron chi connectivity index (χ4n) is 0.581. The Labute approximate surface area is 66.7 Å². The third-order valence-electron chi connectivity index (χ3n) is 1.05. The molecule has 0 saturated carbocycles. The van der Waals surface area contributed by atoms with Gasteiger partial charge in [-0.2, -0.15) is 0 Å². The molecule has 1 N–H and O–H groups in total. The van der Waals surface area contributed by atoms with E-state index < -0.39 is 0 Å². The van der Waals surface area contributed by atoms with Crippen LogP contribution in [-0.4, -0.2) is 24.3 Å². The van der Waals surface area contributed by atoms with Gasteiger partial charge < -0.3 is 9.84 Å². The highest BCUT2D eigenvalue weighted by Gasteiger charge is 1.87. The van der Waals surface area contributed by atoms with Crippen LogP contribution < -0.4 is 0 Å². The first-order valence-corrected chi connectivity index (χ1v) is 3.66. The summed E-state index contributed by atoms with van der Waals surface area (Å²) in [5, 5.41) is 8.37. The van der Waals surface area contributed by atoms with Crippen molar-refractivity contribution >= 4 is 5.97 Å². The maximum Gasteiger partial charge on any atom is 0.302 e. The molecule has 0 atom stereocenters. The zero-order valence-corrected chi connectivity index (χ0v) is 6.75. The van der Waals surface area contributed by atoms with E-state index in [9.17, 15) is 4.79 Å². The lowest BCUT2D eigenvalue weighted by Gasteiger charge is -1.95. The summed E-state index contributed by atoms with van der Waals surface area (Å²) in [5.74, 6) is -0.249. The van der Waals surface area contributed by atoms with Gasteiger partial charge in [0.25, 0.3) is 0 Å². The maximum atomic E-state index is 10.2. The highest BCUT2D eigenvalue weighted by atomic mass is 16.5. The molecule has 3 nitrogen and oxygen atoms in total. The minimum atomic E-state index is -0.249. The molecule has 0 amide bonds. The van der Waals surface area contributed by atoms with Crippen molar-refractivity contribution < 1.29 is 14.6 Å². The molecule has 0 spiro atoms. The number of esters is 1. The molecule has 0 rings (SSSR count). The normalized spacial score (nSPS) is 10.4. The number of ether oxygens (including phenoxy) is 1. The predicted octanol–water partition coefficient (Wildman–Crippen LogP) is 0.878. The van der Waals surface area contributed by atoms with Crippen LogP contribution in [0.3, 0.4) is 0 Å². The quantitative estimate of drug-likeness (QED) is 0.367. The van der Waals surface area contributed by atoms with Crippen molar-refractivity contribution in [3.63, 3.8) is 0 Å². The highest BCUT2D eigenvalue weighted by molar-refractivity contribution is 5.65. The van der Waals surface area contributed by atoms with E-state index in [1.165, 1.54) is 6.92 Å². The minimum Gasteiger partial charge on any atom is -0.466 e. The van der Waals surface area contributed by atoms with Gasteiger partial charge >= 0.3 is 5.97 Å². The van der Waals surface area contributed by atoms with E-state index >= 15 is 0 Å². The lowest BCUT2D eigenvalue weighted by Crippen LogP contribution is -1.98. The Kier molecular flexibility index (Phi) is 6.73. The van der Waals surface area contributed by atoms with Gasteiger partial charge in [-0.3, -0.25) is 4.79 Å². The minimum absolute atomic E-state index is 0.171. The van der Waals surface area contributed by atoms with Crippen LogP contribution in [0.25, 0.3) is 0 Å². The van der Waals surface area contributed by atoms with Gasteiger partial charge in [-0.15, -0.1) is 0 Å². The second-order valence-electron chi connectivity index (χ2n) is 2.11. The van der Waals surface area contributed by atoms with E-state index in [1.54, 1.807) is 0 Å². The molecule has 0 fully saturated rings. The number of hydrogen-bond donors (Lipinski definition) is 1. The molecular weight excluding hydrogens is 144 g/mol. The molecule has 0 aromatic heterocycles. The van der Waals surface area contributed by atoms with Crippen LogP contribution >= 0.6 is 0 Å². The summed E-state index contributed by atoms with van der Waals surface area (Å²) >= 11 is 0. The zero-order chi connectivity index (χ0) is 8.53. The Bertz CT molecular complexity index is 129. The number of hydrogen-bond acceptors (Lipinski definition) is 3. The summed E-state index contributed by atoms with van der Waals surface area (Å²) in [6, 6.07) is 0. The Morgan fingerprint density at radius 3 is 2.64 bits per heavy atom.